The Morgan fingerprint density at radius 2 is 1.73 bits per heavy atom. The van der Waals surface area contributed by atoms with Gasteiger partial charge >= 0.3 is 5.69 Å². The second kappa shape index (κ2) is 8.34. The van der Waals surface area contributed by atoms with E-state index in [0.717, 1.165) is 33.6 Å². The first-order chi connectivity index (χ1) is 14.4. The van der Waals surface area contributed by atoms with Crippen LogP contribution >= 0.6 is 23.2 Å². The van der Waals surface area contributed by atoms with Crippen LogP contribution in [0.1, 0.15) is 16.7 Å². The highest BCUT2D eigenvalue weighted by atomic mass is 35.5. The molecule has 0 aliphatic heterocycles. The van der Waals surface area contributed by atoms with E-state index in [9.17, 15) is 4.79 Å². The van der Waals surface area contributed by atoms with E-state index in [-0.39, 0.29) is 6.61 Å². The van der Waals surface area contributed by atoms with Crippen molar-refractivity contribution in [3.8, 4) is 22.6 Å². The van der Waals surface area contributed by atoms with Crippen molar-refractivity contribution < 1.29 is 4.74 Å². The lowest BCUT2D eigenvalue weighted by Gasteiger charge is -2.15. The number of rotatable bonds is 5. The van der Waals surface area contributed by atoms with Crippen LogP contribution in [-0.2, 0) is 6.61 Å². The minimum absolute atomic E-state index is 0.286. The van der Waals surface area contributed by atoms with E-state index in [2.05, 4.69) is 15.5 Å². The number of hydrogen-bond acceptors (Lipinski definition) is 4. The van der Waals surface area contributed by atoms with Gasteiger partial charge in [-0.25, -0.2) is 9.89 Å². The Morgan fingerprint density at radius 3 is 2.43 bits per heavy atom. The highest BCUT2D eigenvalue weighted by molar-refractivity contribution is 6.42. The zero-order valence-corrected chi connectivity index (χ0v) is 17.8. The van der Waals surface area contributed by atoms with Gasteiger partial charge in [-0.1, -0.05) is 47.5 Å². The Balaban J connectivity index is 1.60. The Hall–Kier alpha value is -3.09. The lowest BCUT2D eigenvalue weighted by atomic mass is 10.0. The lowest BCUT2D eigenvalue weighted by Crippen LogP contribution is -2.18. The molecule has 0 saturated carbocycles. The van der Waals surface area contributed by atoms with Gasteiger partial charge in [-0.2, -0.15) is 4.68 Å². The maximum absolute atomic E-state index is 12.0. The summed E-state index contributed by atoms with van der Waals surface area (Å²) in [6.07, 6.45) is 0. The molecule has 0 radical (unpaired) electrons. The molecule has 0 aliphatic rings. The topological polar surface area (TPSA) is 72.8 Å². The van der Waals surface area contributed by atoms with E-state index in [1.807, 2.05) is 62.4 Å². The Kier molecular flexibility index (Phi) is 5.61. The van der Waals surface area contributed by atoms with Crippen LogP contribution in [0.25, 0.3) is 16.8 Å². The predicted molar refractivity (Wildman–Crippen MR) is 118 cm³/mol. The van der Waals surface area contributed by atoms with Gasteiger partial charge in [0.15, 0.2) is 0 Å². The number of H-pyrrole nitrogens is 1. The first-order valence-electron chi connectivity index (χ1n) is 9.22. The molecule has 0 fully saturated rings. The molecule has 152 valence electrons. The molecule has 1 N–H and O–H groups in total. The van der Waals surface area contributed by atoms with E-state index in [1.54, 1.807) is 6.07 Å². The molecule has 0 saturated heterocycles. The van der Waals surface area contributed by atoms with Gasteiger partial charge in [-0.3, -0.25) is 0 Å². The number of aryl methyl sites for hydroxylation is 2. The standard InChI is InChI=1S/C22H18Cl2N4O2/c1-13-4-3-5-20(28-22(29)25-26-27-28)17(13)12-30-21-9-7-15(10-14(21)2)16-6-8-18(23)19(24)11-16/h3-11H,12H2,1-2H3,(H,25,27,29). The van der Waals surface area contributed by atoms with Crippen molar-refractivity contribution in [2.24, 2.45) is 0 Å². The van der Waals surface area contributed by atoms with Crippen LogP contribution in [0, 0.1) is 13.8 Å². The number of nitrogens with zero attached hydrogens (tertiary/aromatic N) is 3. The minimum atomic E-state index is -0.399. The van der Waals surface area contributed by atoms with E-state index in [4.69, 9.17) is 27.9 Å². The molecule has 0 unspecified atom stereocenters. The number of tetrazole rings is 1. The highest BCUT2D eigenvalue weighted by Gasteiger charge is 2.13. The number of benzene rings is 3. The smallest absolute Gasteiger partial charge is 0.365 e. The summed E-state index contributed by atoms with van der Waals surface area (Å²) in [4.78, 5) is 12.0. The number of hydrogen-bond donors (Lipinski definition) is 1. The van der Waals surface area contributed by atoms with Crippen LogP contribution in [0.5, 0.6) is 5.75 Å². The average molecular weight is 441 g/mol. The number of aromatic nitrogens is 4. The zero-order chi connectivity index (χ0) is 21.3. The molecule has 0 amide bonds. The summed E-state index contributed by atoms with van der Waals surface area (Å²) in [6.45, 7) is 4.24. The lowest BCUT2D eigenvalue weighted by molar-refractivity contribution is 0.302. The van der Waals surface area contributed by atoms with Crippen molar-refractivity contribution >= 4 is 23.2 Å². The van der Waals surface area contributed by atoms with Crippen LogP contribution in [0.15, 0.2) is 59.4 Å². The van der Waals surface area contributed by atoms with Crippen LogP contribution < -0.4 is 10.4 Å². The summed E-state index contributed by atoms with van der Waals surface area (Å²) < 4.78 is 7.32. The molecule has 6 nitrogen and oxygen atoms in total. The van der Waals surface area contributed by atoms with Gasteiger partial charge in [0.2, 0.25) is 0 Å². The van der Waals surface area contributed by atoms with Gasteiger partial charge < -0.3 is 4.74 Å². The molecule has 0 atom stereocenters. The summed E-state index contributed by atoms with van der Waals surface area (Å²) in [7, 11) is 0. The number of aromatic amines is 1. The summed E-state index contributed by atoms with van der Waals surface area (Å²) in [5.41, 5.74) is 5.07. The summed E-state index contributed by atoms with van der Waals surface area (Å²) in [5.74, 6) is 0.750. The van der Waals surface area contributed by atoms with Crippen molar-refractivity contribution in [1.29, 1.82) is 0 Å². The van der Waals surface area contributed by atoms with E-state index in [1.165, 1.54) is 4.68 Å². The molecule has 3 aromatic carbocycles. The van der Waals surface area contributed by atoms with Gasteiger partial charge in [0.1, 0.15) is 12.4 Å². The summed E-state index contributed by atoms with van der Waals surface area (Å²) in [6, 6.07) is 17.1. The number of halogens is 2. The molecule has 4 rings (SSSR count). The molecule has 1 aromatic heterocycles. The Bertz CT molecular complexity index is 1280. The molecule has 0 spiro atoms. The zero-order valence-electron chi connectivity index (χ0n) is 16.3. The third-order valence-electron chi connectivity index (χ3n) is 4.89. The first kappa shape index (κ1) is 20.2. The van der Waals surface area contributed by atoms with Crippen molar-refractivity contribution in [2.75, 3.05) is 0 Å². The predicted octanol–water partition coefficient (Wildman–Crippen LogP) is 5.13. The first-order valence-corrected chi connectivity index (χ1v) is 9.98. The van der Waals surface area contributed by atoms with Gasteiger partial charge in [-0.15, -0.1) is 0 Å². The fraction of sp³-hybridized carbons (Fsp3) is 0.136. The largest absolute Gasteiger partial charge is 0.489 e. The van der Waals surface area contributed by atoms with Gasteiger partial charge in [0.25, 0.3) is 0 Å². The van der Waals surface area contributed by atoms with Crippen LogP contribution in [-0.4, -0.2) is 20.2 Å². The Morgan fingerprint density at radius 1 is 0.967 bits per heavy atom. The third-order valence-corrected chi connectivity index (χ3v) is 5.62. The van der Waals surface area contributed by atoms with Crippen molar-refractivity contribution in [2.45, 2.75) is 20.5 Å². The van der Waals surface area contributed by atoms with Crippen molar-refractivity contribution in [3.05, 3.63) is 91.8 Å². The quantitative estimate of drug-likeness (QED) is 0.466. The molecule has 0 aliphatic carbocycles. The van der Waals surface area contributed by atoms with E-state index >= 15 is 0 Å². The number of ether oxygens (including phenoxy) is 1. The van der Waals surface area contributed by atoms with Gasteiger partial charge in [0.05, 0.1) is 15.7 Å². The summed E-state index contributed by atoms with van der Waals surface area (Å²) in [5, 5.41) is 10.8. The molecule has 1 heterocycles. The normalized spacial score (nSPS) is 10.9. The second-order valence-electron chi connectivity index (χ2n) is 6.89. The molecule has 30 heavy (non-hydrogen) atoms. The summed E-state index contributed by atoms with van der Waals surface area (Å²) >= 11 is 12.2. The minimum Gasteiger partial charge on any atom is -0.489 e. The number of nitrogens with one attached hydrogen (secondary N) is 1. The fourth-order valence-corrected chi connectivity index (χ4v) is 3.54. The second-order valence-corrected chi connectivity index (χ2v) is 7.70. The van der Waals surface area contributed by atoms with Crippen LogP contribution in [0.3, 0.4) is 0 Å². The van der Waals surface area contributed by atoms with Crippen LogP contribution in [0.2, 0.25) is 10.0 Å². The van der Waals surface area contributed by atoms with Crippen LogP contribution in [0.4, 0.5) is 0 Å². The average Bonchev–Trinajstić information content (AvgIpc) is 3.15. The van der Waals surface area contributed by atoms with Crippen molar-refractivity contribution in [1.82, 2.24) is 20.2 Å². The fourth-order valence-electron chi connectivity index (χ4n) is 3.24. The maximum atomic E-state index is 12.0. The third kappa shape index (κ3) is 3.97. The maximum Gasteiger partial charge on any atom is 0.365 e. The van der Waals surface area contributed by atoms with Gasteiger partial charge in [0, 0.05) is 5.56 Å². The highest BCUT2D eigenvalue weighted by Crippen LogP contribution is 2.31. The SMILES string of the molecule is Cc1cc(-c2ccc(Cl)c(Cl)c2)ccc1OCc1c(C)cccc1-n1nn[nH]c1=O. The Labute approximate surface area is 183 Å². The van der Waals surface area contributed by atoms with Crippen molar-refractivity contribution in [3.63, 3.8) is 0 Å². The molecule has 4 aromatic rings. The molecule has 0 bridgehead atoms. The monoisotopic (exact) mass is 440 g/mol. The molecular formula is C22H18Cl2N4O2. The molecule has 8 heteroatoms. The van der Waals surface area contributed by atoms with Gasteiger partial charge in [-0.05, 0) is 76.9 Å². The molecular weight excluding hydrogens is 423 g/mol. The van der Waals surface area contributed by atoms with E-state index < -0.39 is 5.69 Å². The van der Waals surface area contributed by atoms with E-state index in [0.29, 0.717) is 15.7 Å².